The molecule has 0 atom stereocenters. The van der Waals surface area contributed by atoms with E-state index in [1.165, 1.54) is 12.0 Å². The molecule has 0 fully saturated rings. The molecular formula is C17H25NO6. The van der Waals surface area contributed by atoms with Crippen molar-refractivity contribution in [2.45, 2.75) is 13.3 Å². The Morgan fingerprint density at radius 3 is 2.46 bits per heavy atom. The second-order valence-corrected chi connectivity index (χ2v) is 5.14. The van der Waals surface area contributed by atoms with Crippen molar-refractivity contribution >= 4 is 11.9 Å². The molecule has 0 radical (unpaired) electrons. The number of ether oxygens (including phenoxy) is 3. The monoisotopic (exact) mass is 339 g/mol. The summed E-state index contributed by atoms with van der Waals surface area (Å²) in [7, 11) is 1.30. The van der Waals surface area contributed by atoms with Gasteiger partial charge in [-0.2, -0.15) is 0 Å². The first-order chi connectivity index (χ1) is 11.6. The molecule has 0 aromatic heterocycles. The van der Waals surface area contributed by atoms with Crippen LogP contribution in [0.25, 0.3) is 0 Å². The predicted octanol–water partition coefficient (Wildman–Crippen LogP) is 0.774. The van der Waals surface area contributed by atoms with Gasteiger partial charge in [-0.3, -0.25) is 9.59 Å². The van der Waals surface area contributed by atoms with Crippen molar-refractivity contribution in [3.05, 3.63) is 29.8 Å². The molecule has 7 nitrogen and oxygen atoms in total. The SMILES string of the molecule is COC(=O)CCN(CCOCCO)C(=O)COc1ccc(C)cc1. The highest BCUT2D eigenvalue weighted by atomic mass is 16.5. The third-order valence-corrected chi connectivity index (χ3v) is 3.29. The smallest absolute Gasteiger partial charge is 0.307 e. The van der Waals surface area contributed by atoms with Gasteiger partial charge in [-0.15, -0.1) is 0 Å². The Hall–Kier alpha value is -2.12. The van der Waals surface area contributed by atoms with E-state index in [2.05, 4.69) is 4.74 Å². The number of aliphatic hydroxyl groups is 1. The van der Waals surface area contributed by atoms with Crippen LogP contribution in [0.1, 0.15) is 12.0 Å². The van der Waals surface area contributed by atoms with Crippen LogP contribution in [0.2, 0.25) is 0 Å². The first-order valence-corrected chi connectivity index (χ1v) is 7.79. The van der Waals surface area contributed by atoms with E-state index < -0.39 is 0 Å². The van der Waals surface area contributed by atoms with E-state index in [0.29, 0.717) is 12.3 Å². The molecule has 0 aliphatic carbocycles. The summed E-state index contributed by atoms with van der Waals surface area (Å²) in [5, 5.41) is 8.69. The lowest BCUT2D eigenvalue weighted by Crippen LogP contribution is -2.39. The highest BCUT2D eigenvalue weighted by Gasteiger charge is 2.16. The number of nitrogens with zero attached hydrogens (tertiary/aromatic N) is 1. The molecular weight excluding hydrogens is 314 g/mol. The van der Waals surface area contributed by atoms with Crippen molar-refractivity contribution in [2.75, 3.05) is 46.6 Å². The Morgan fingerprint density at radius 1 is 1.12 bits per heavy atom. The van der Waals surface area contributed by atoms with E-state index in [-0.39, 0.29) is 51.3 Å². The Bertz CT molecular complexity index is 502. The average Bonchev–Trinajstić information content (AvgIpc) is 2.60. The van der Waals surface area contributed by atoms with Crippen LogP contribution in [-0.2, 0) is 19.1 Å². The Morgan fingerprint density at radius 2 is 1.83 bits per heavy atom. The molecule has 1 aromatic carbocycles. The molecule has 0 heterocycles. The van der Waals surface area contributed by atoms with Crippen LogP contribution in [-0.4, -0.2) is 68.5 Å². The molecule has 0 aliphatic rings. The maximum atomic E-state index is 12.3. The van der Waals surface area contributed by atoms with Crippen molar-refractivity contribution in [2.24, 2.45) is 0 Å². The fourth-order valence-electron chi connectivity index (χ4n) is 1.90. The number of methoxy groups -OCH3 is 1. The average molecular weight is 339 g/mol. The molecule has 1 amide bonds. The minimum Gasteiger partial charge on any atom is -0.484 e. The largest absolute Gasteiger partial charge is 0.484 e. The molecule has 24 heavy (non-hydrogen) atoms. The lowest BCUT2D eigenvalue weighted by atomic mass is 10.2. The van der Waals surface area contributed by atoms with Crippen LogP contribution in [0.5, 0.6) is 5.75 Å². The standard InChI is InChI=1S/C17H25NO6/c1-14-3-5-15(6-4-14)24-13-16(20)18(8-7-17(21)22-2)9-11-23-12-10-19/h3-6,19H,7-13H2,1-2H3. The maximum absolute atomic E-state index is 12.3. The molecule has 0 saturated heterocycles. The molecule has 7 heteroatoms. The fraction of sp³-hybridized carbons (Fsp3) is 0.529. The summed E-state index contributed by atoms with van der Waals surface area (Å²) in [5.41, 5.74) is 1.11. The summed E-state index contributed by atoms with van der Waals surface area (Å²) < 4.78 is 15.2. The van der Waals surface area contributed by atoms with E-state index >= 15 is 0 Å². The molecule has 0 unspecified atom stereocenters. The number of amides is 1. The number of aliphatic hydroxyl groups excluding tert-OH is 1. The molecule has 0 bridgehead atoms. The summed E-state index contributed by atoms with van der Waals surface area (Å²) in [6.07, 6.45) is 0.104. The van der Waals surface area contributed by atoms with E-state index in [9.17, 15) is 9.59 Å². The van der Waals surface area contributed by atoms with Crippen molar-refractivity contribution in [1.29, 1.82) is 0 Å². The quantitative estimate of drug-likeness (QED) is 0.474. The van der Waals surface area contributed by atoms with Gasteiger partial charge in [0.15, 0.2) is 6.61 Å². The zero-order chi connectivity index (χ0) is 17.8. The van der Waals surface area contributed by atoms with Gasteiger partial charge >= 0.3 is 5.97 Å². The predicted molar refractivity (Wildman–Crippen MR) is 87.8 cm³/mol. The van der Waals surface area contributed by atoms with Crippen LogP contribution < -0.4 is 4.74 Å². The number of carbonyl (C=O) groups is 2. The number of rotatable bonds is 11. The van der Waals surface area contributed by atoms with Crippen molar-refractivity contribution < 1.29 is 28.9 Å². The number of benzene rings is 1. The Labute approximate surface area is 142 Å². The van der Waals surface area contributed by atoms with Gasteiger partial charge in [0.25, 0.3) is 5.91 Å². The fourth-order valence-corrected chi connectivity index (χ4v) is 1.90. The summed E-state index contributed by atoms with van der Waals surface area (Å²) in [6, 6.07) is 7.40. The highest BCUT2D eigenvalue weighted by Crippen LogP contribution is 2.11. The van der Waals surface area contributed by atoms with Crippen LogP contribution in [0, 0.1) is 6.92 Å². The van der Waals surface area contributed by atoms with Crippen molar-refractivity contribution in [3.8, 4) is 5.75 Å². The third kappa shape index (κ3) is 7.94. The number of hydrogen-bond donors (Lipinski definition) is 1. The van der Waals surface area contributed by atoms with Crippen LogP contribution in [0.15, 0.2) is 24.3 Å². The first kappa shape index (κ1) is 19.9. The topological polar surface area (TPSA) is 85.3 Å². The van der Waals surface area contributed by atoms with Gasteiger partial charge in [-0.1, -0.05) is 17.7 Å². The van der Waals surface area contributed by atoms with Crippen molar-refractivity contribution in [3.63, 3.8) is 0 Å². The van der Waals surface area contributed by atoms with Gasteiger partial charge in [-0.25, -0.2) is 0 Å². The second kappa shape index (κ2) is 11.4. The minimum atomic E-state index is -0.386. The van der Waals surface area contributed by atoms with Gasteiger partial charge in [0.05, 0.1) is 33.4 Å². The van der Waals surface area contributed by atoms with E-state index in [0.717, 1.165) is 5.56 Å². The maximum Gasteiger partial charge on any atom is 0.307 e. The van der Waals surface area contributed by atoms with E-state index in [1.807, 2.05) is 19.1 Å². The van der Waals surface area contributed by atoms with Crippen LogP contribution in [0.3, 0.4) is 0 Å². The zero-order valence-electron chi connectivity index (χ0n) is 14.2. The zero-order valence-corrected chi connectivity index (χ0v) is 14.2. The lowest BCUT2D eigenvalue weighted by Gasteiger charge is -2.22. The lowest BCUT2D eigenvalue weighted by molar-refractivity contribution is -0.142. The van der Waals surface area contributed by atoms with E-state index in [1.54, 1.807) is 12.1 Å². The van der Waals surface area contributed by atoms with Crippen molar-refractivity contribution in [1.82, 2.24) is 4.90 Å². The van der Waals surface area contributed by atoms with Crippen LogP contribution >= 0.6 is 0 Å². The first-order valence-electron chi connectivity index (χ1n) is 7.79. The Balaban J connectivity index is 2.50. The summed E-state index contributed by atoms with van der Waals surface area (Å²) >= 11 is 0. The molecule has 1 rings (SSSR count). The van der Waals surface area contributed by atoms with Crippen LogP contribution in [0.4, 0.5) is 0 Å². The molecule has 0 aliphatic heterocycles. The van der Waals surface area contributed by atoms with Gasteiger partial charge < -0.3 is 24.2 Å². The van der Waals surface area contributed by atoms with Gasteiger partial charge in [-0.05, 0) is 19.1 Å². The number of carbonyl (C=O) groups excluding carboxylic acids is 2. The molecule has 1 aromatic rings. The second-order valence-electron chi connectivity index (χ2n) is 5.14. The number of aryl methyl sites for hydroxylation is 1. The number of hydrogen-bond acceptors (Lipinski definition) is 6. The Kier molecular flexibility index (Phi) is 9.48. The summed E-state index contributed by atoms with van der Waals surface area (Å²) in [4.78, 5) is 25.1. The molecule has 0 saturated carbocycles. The summed E-state index contributed by atoms with van der Waals surface area (Å²) in [6.45, 7) is 2.79. The van der Waals surface area contributed by atoms with Gasteiger partial charge in [0, 0.05) is 13.1 Å². The van der Waals surface area contributed by atoms with E-state index in [4.69, 9.17) is 14.6 Å². The third-order valence-electron chi connectivity index (χ3n) is 3.29. The highest BCUT2D eigenvalue weighted by molar-refractivity contribution is 5.78. The minimum absolute atomic E-state index is 0.0767. The number of esters is 1. The van der Waals surface area contributed by atoms with Gasteiger partial charge in [0.2, 0.25) is 0 Å². The normalized spacial score (nSPS) is 10.3. The molecule has 0 spiro atoms. The molecule has 134 valence electrons. The van der Waals surface area contributed by atoms with Gasteiger partial charge in [0.1, 0.15) is 5.75 Å². The molecule has 1 N–H and O–H groups in total. The summed E-state index contributed by atoms with van der Waals surface area (Å²) in [5.74, 6) is -0.0194.